The number of aromatic nitrogens is 3. The SMILES string of the molecule is Cc1c(C(=O)CSc2nnc(C)n2Cc2ccccc2)oc2ccccc12. The summed E-state index contributed by atoms with van der Waals surface area (Å²) in [5.74, 6) is 1.47. The fraction of sp³-hybridized carbons (Fsp3) is 0.190. The zero-order valence-corrected chi connectivity index (χ0v) is 16.0. The summed E-state index contributed by atoms with van der Waals surface area (Å²) in [4.78, 5) is 12.7. The first kappa shape index (κ1) is 17.5. The summed E-state index contributed by atoms with van der Waals surface area (Å²) in [6.45, 7) is 4.52. The predicted molar refractivity (Wildman–Crippen MR) is 106 cm³/mol. The van der Waals surface area contributed by atoms with Crippen molar-refractivity contribution in [3.63, 3.8) is 0 Å². The zero-order chi connectivity index (χ0) is 18.8. The monoisotopic (exact) mass is 377 g/mol. The molecule has 0 amide bonds. The fourth-order valence-corrected chi connectivity index (χ4v) is 3.89. The van der Waals surface area contributed by atoms with Gasteiger partial charge in [0.1, 0.15) is 11.4 Å². The molecule has 6 heteroatoms. The molecule has 5 nitrogen and oxygen atoms in total. The summed E-state index contributed by atoms with van der Waals surface area (Å²) in [7, 11) is 0. The molecule has 27 heavy (non-hydrogen) atoms. The molecule has 2 aromatic carbocycles. The van der Waals surface area contributed by atoms with Crippen molar-refractivity contribution in [1.29, 1.82) is 0 Å². The normalized spacial score (nSPS) is 11.2. The highest BCUT2D eigenvalue weighted by molar-refractivity contribution is 7.99. The van der Waals surface area contributed by atoms with Gasteiger partial charge in [-0.25, -0.2) is 0 Å². The first-order chi connectivity index (χ1) is 13.1. The number of aryl methyl sites for hydroxylation is 2. The molecule has 0 aliphatic carbocycles. The largest absolute Gasteiger partial charge is 0.453 e. The van der Waals surface area contributed by atoms with Gasteiger partial charge in [0.15, 0.2) is 10.9 Å². The first-order valence-corrected chi connectivity index (χ1v) is 9.70. The van der Waals surface area contributed by atoms with E-state index < -0.39 is 0 Å². The van der Waals surface area contributed by atoms with Gasteiger partial charge in [0.05, 0.1) is 12.3 Å². The number of hydrogen-bond donors (Lipinski definition) is 0. The number of hydrogen-bond acceptors (Lipinski definition) is 5. The van der Waals surface area contributed by atoms with E-state index >= 15 is 0 Å². The van der Waals surface area contributed by atoms with E-state index in [0.717, 1.165) is 27.5 Å². The Kier molecular flexibility index (Phi) is 4.81. The number of para-hydroxylation sites is 1. The summed E-state index contributed by atoms with van der Waals surface area (Å²) >= 11 is 1.39. The maximum atomic E-state index is 12.7. The summed E-state index contributed by atoms with van der Waals surface area (Å²) in [6, 6.07) is 17.8. The number of benzene rings is 2. The Bertz CT molecular complexity index is 1100. The van der Waals surface area contributed by atoms with Gasteiger partial charge in [-0.15, -0.1) is 10.2 Å². The lowest BCUT2D eigenvalue weighted by molar-refractivity contribution is 0.0993. The highest BCUT2D eigenvalue weighted by atomic mass is 32.2. The van der Waals surface area contributed by atoms with Crippen LogP contribution in [0.2, 0.25) is 0 Å². The summed E-state index contributed by atoms with van der Waals surface area (Å²) in [5.41, 5.74) is 2.80. The van der Waals surface area contributed by atoms with Crippen LogP contribution in [-0.2, 0) is 6.54 Å². The molecule has 0 fully saturated rings. The molecule has 0 spiro atoms. The van der Waals surface area contributed by atoms with Crippen molar-refractivity contribution in [3.8, 4) is 0 Å². The lowest BCUT2D eigenvalue weighted by atomic mass is 10.1. The number of Topliss-reactive ketones (excluding diaryl/α,β-unsaturated/α-hetero) is 1. The molecule has 0 atom stereocenters. The van der Waals surface area contributed by atoms with E-state index in [1.807, 2.05) is 60.9 Å². The van der Waals surface area contributed by atoms with Gasteiger partial charge in [-0.05, 0) is 25.5 Å². The smallest absolute Gasteiger partial charge is 0.208 e. The van der Waals surface area contributed by atoms with Gasteiger partial charge in [0, 0.05) is 10.9 Å². The van der Waals surface area contributed by atoms with E-state index in [9.17, 15) is 4.79 Å². The molecule has 0 saturated heterocycles. The molecule has 0 unspecified atom stereocenters. The van der Waals surface area contributed by atoms with Crippen LogP contribution in [0.5, 0.6) is 0 Å². The van der Waals surface area contributed by atoms with Crippen LogP contribution in [0.25, 0.3) is 11.0 Å². The number of thioether (sulfide) groups is 1. The molecule has 4 aromatic rings. The number of fused-ring (bicyclic) bond motifs is 1. The average Bonchev–Trinajstić information content (AvgIpc) is 3.21. The molecule has 2 heterocycles. The van der Waals surface area contributed by atoms with Gasteiger partial charge in [0.25, 0.3) is 0 Å². The molecular formula is C21H19N3O2S. The lowest BCUT2D eigenvalue weighted by Gasteiger charge is -2.08. The lowest BCUT2D eigenvalue weighted by Crippen LogP contribution is -2.07. The summed E-state index contributed by atoms with van der Waals surface area (Å²) in [5, 5.41) is 10.1. The highest BCUT2D eigenvalue weighted by Crippen LogP contribution is 2.27. The van der Waals surface area contributed by atoms with Crippen LogP contribution in [0.1, 0.15) is 27.5 Å². The molecular weight excluding hydrogens is 358 g/mol. The predicted octanol–water partition coefficient (Wildman–Crippen LogP) is 4.66. The van der Waals surface area contributed by atoms with Gasteiger partial charge < -0.3 is 8.98 Å². The molecule has 0 N–H and O–H groups in total. The molecule has 0 saturated carbocycles. The standard InChI is InChI=1S/C21H19N3O2S/c1-14-17-10-6-7-11-19(17)26-20(14)18(25)13-27-21-23-22-15(2)24(21)12-16-8-4-3-5-9-16/h3-11H,12-13H2,1-2H3. The van der Waals surface area contributed by atoms with Gasteiger partial charge in [-0.3, -0.25) is 4.79 Å². The van der Waals surface area contributed by atoms with Gasteiger partial charge in [0.2, 0.25) is 5.78 Å². The quantitative estimate of drug-likeness (QED) is 0.361. The Morgan fingerprint density at radius 2 is 1.78 bits per heavy atom. The van der Waals surface area contributed by atoms with Crippen molar-refractivity contribution in [1.82, 2.24) is 14.8 Å². The molecule has 0 aliphatic heterocycles. The zero-order valence-electron chi connectivity index (χ0n) is 15.2. The summed E-state index contributed by atoms with van der Waals surface area (Å²) in [6.07, 6.45) is 0. The number of furan rings is 1. The van der Waals surface area contributed by atoms with Crippen molar-refractivity contribution < 1.29 is 9.21 Å². The Labute approximate surface area is 161 Å². The van der Waals surface area contributed by atoms with Crippen molar-refractivity contribution in [2.24, 2.45) is 0 Å². The molecule has 0 aliphatic rings. The number of rotatable bonds is 6. The summed E-state index contributed by atoms with van der Waals surface area (Å²) < 4.78 is 7.80. The molecule has 0 radical (unpaired) electrons. The van der Waals surface area contributed by atoms with Crippen LogP contribution >= 0.6 is 11.8 Å². The highest BCUT2D eigenvalue weighted by Gasteiger charge is 2.19. The maximum absolute atomic E-state index is 12.7. The molecule has 0 bridgehead atoms. The minimum Gasteiger partial charge on any atom is -0.453 e. The van der Waals surface area contributed by atoms with Crippen LogP contribution in [0.15, 0.2) is 64.2 Å². The van der Waals surface area contributed by atoms with Crippen LogP contribution in [0, 0.1) is 13.8 Å². The Morgan fingerprint density at radius 1 is 1.04 bits per heavy atom. The third kappa shape index (κ3) is 3.53. The number of carbonyl (C=O) groups excluding carboxylic acids is 1. The van der Waals surface area contributed by atoms with E-state index in [4.69, 9.17) is 4.42 Å². The van der Waals surface area contributed by atoms with Crippen molar-refractivity contribution in [3.05, 3.63) is 77.3 Å². The van der Waals surface area contributed by atoms with E-state index in [0.29, 0.717) is 12.3 Å². The van der Waals surface area contributed by atoms with Crippen LogP contribution in [0.3, 0.4) is 0 Å². The Hall–Kier alpha value is -2.86. The number of nitrogens with zero attached hydrogens (tertiary/aromatic N) is 3. The van der Waals surface area contributed by atoms with Crippen LogP contribution in [-0.4, -0.2) is 26.3 Å². The van der Waals surface area contributed by atoms with Gasteiger partial charge in [-0.1, -0.05) is 60.3 Å². The minimum absolute atomic E-state index is 0.0411. The van der Waals surface area contributed by atoms with Crippen LogP contribution in [0.4, 0.5) is 0 Å². The minimum atomic E-state index is -0.0411. The second-order valence-electron chi connectivity index (χ2n) is 6.37. The Balaban J connectivity index is 1.52. The third-order valence-electron chi connectivity index (χ3n) is 4.51. The van der Waals surface area contributed by atoms with E-state index in [1.54, 1.807) is 0 Å². The topological polar surface area (TPSA) is 60.9 Å². The molecule has 4 rings (SSSR count). The first-order valence-electron chi connectivity index (χ1n) is 8.71. The average molecular weight is 377 g/mol. The molecule has 136 valence electrons. The van der Waals surface area contributed by atoms with Crippen molar-refractivity contribution >= 4 is 28.5 Å². The van der Waals surface area contributed by atoms with Gasteiger partial charge in [-0.2, -0.15) is 0 Å². The van der Waals surface area contributed by atoms with Crippen molar-refractivity contribution in [2.45, 2.75) is 25.5 Å². The number of carbonyl (C=O) groups is 1. The Morgan fingerprint density at radius 3 is 2.56 bits per heavy atom. The van der Waals surface area contributed by atoms with Crippen LogP contribution < -0.4 is 0 Å². The maximum Gasteiger partial charge on any atom is 0.208 e. The van der Waals surface area contributed by atoms with E-state index in [-0.39, 0.29) is 11.5 Å². The fourth-order valence-electron chi connectivity index (χ4n) is 3.05. The second-order valence-corrected chi connectivity index (χ2v) is 7.31. The van der Waals surface area contributed by atoms with Crippen molar-refractivity contribution in [2.75, 3.05) is 5.75 Å². The third-order valence-corrected chi connectivity index (χ3v) is 5.48. The van der Waals surface area contributed by atoms with E-state index in [2.05, 4.69) is 22.3 Å². The molecule has 2 aromatic heterocycles. The second kappa shape index (κ2) is 7.40. The number of ketones is 1. The van der Waals surface area contributed by atoms with E-state index in [1.165, 1.54) is 17.3 Å². The van der Waals surface area contributed by atoms with Gasteiger partial charge >= 0.3 is 0 Å².